The lowest BCUT2D eigenvalue weighted by molar-refractivity contribution is -0.144. The van der Waals surface area contributed by atoms with Crippen molar-refractivity contribution in [1.29, 1.82) is 0 Å². The molecule has 2 N–H and O–H groups in total. The topological polar surface area (TPSA) is 129 Å². The summed E-state index contributed by atoms with van der Waals surface area (Å²) in [5.74, 6) is -0.801. The number of piperidine rings is 1. The van der Waals surface area contributed by atoms with E-state index in [0.29, 0.717) is 58.4 Å². The quantitative estimate of drug-likeness (QED) is 0.343. The van der Waals surface area contributed by atoms with E-state index in [-0.39, 0.29) is 18.4 Å². The summed E-state index contributed by atoms with van der Waals surface area (Å²) in [6.45, 7) is 0.484. The fourth-order valence-electron chi connectivity index (χ4n) is 5.04. The monoisotopic (exact) mass is 679 g/mol. The number of nitrogens with one attached hydrogen (secondary N) is 2. The number of benzene rings is 1. The van der Waals surface area contributed by atoms with Gasteiger partial charge in [-0.2, -0.15) is 4.72 Å². The van der Waals surface area contributed by atoms with Crippen LogP contribution in [0.3, 0.4) is 0 Å². The molecular weight excluding hydrogens is 654 g/mol. The van der Waals surface area contributed by atoms with Gasteiger partial charge in [-0.15, -0.1) is 11.3 Å². The van der Waals surface area contributed by atoms with Gasteiger partial charge in [0.2, 0.25) is 27.7 Å². The minimum Gasteiger partial charge on any atom is -0.332 e. The van der Waals surface area contributed by atoms with Gasteiger partial charge in [-0.1, -0.05) is 35.9 Å². The van der Waals surface area contributed by atoms with Crippen LogP contribution < -0.4 is 10.0 Å². The molecule has 10 nitrogen and oxygen atoms in total. The molecule has 4 heterocycles. The number of pyridine rings is 1. The van der Waals surface area contributed by atoms with Crippen LogP contribution in [0.2, 0.25) is 4.34 Å². The third-order valence-electron chi connectivity index (χ3n) is 6.99. The molecule has 2 aliphatic rings. The summed E-state index contributed by atoms with van der Waals surface area (Å²) in [6.07, 6.45) is 3.41. The van der Waals surface area contributed by atoms with Crippen LogP contribution in [-0.2, 0) is 24.4 Å². The molecule has 0 bridgehead atoms. The Labute approximate surface area is 254 Å². The summed E-state index contributed by atoms with van der Waals surface area (Å²) < 4.78 is 28.8. The number of rotatable bonds is 8. The molecule has 2 fully saturated rings. The maximum Gasteiger partial charge on any atom is 0.248 e. The third-order valence-corrected chi connectivity index (χ3v) is 9.90. The Balaban J connectivity index is 1.20. The number of halogens is 2. The van der Waals surface area contributed by atoms with Gasteiger partial charge in [0, 0.05) is 28.8 Å². The van der Waals surface area contributed by atoms with E-state index in [1.807, 2.05) is 24.3 Å². The van der Waals surface area contributed by atoms with E-state index in [1.165, 1.54) is 27.2 Å². The van der Waals surface area contributed by atoms with Gasteiger partial charge >= 0.3 is 0 Å². The lowest BCUT2D eigenvalue weighted by atomic mass is 10.1. The fourth-order valence-corrected chi connectivity index (χ4v) is 7.66. The Morgan fingerprint density at radius 3 is 2.71 bits per heavy atom. The van der Waals surface area contributed by atoms with Crippen molar-refractivity contribution in [2.24, 2.45) is 0 Å². The summed E-state index contributed by atoms with van der Waals surface area (Å²) in [6, 6.07) is 11.1. The maximum absolute atomic E-state index is 13.3. The lowest BCUT2D eigenvalue weighted by Crippen LogP contribution is -2.55. The fraction of sp³-hybridized carbons (Fsp3) is 0.333. The average Bonchev–Trinajstić information content (AvgIpc) is 3.59. The van der Waals surface area contributed by atoms with Gasteiger partial charge in [0.1, 0.15) is 22.5 Å². The maximum atomic E-state index is 13.3. The predicted molar refractivity (Wildman–Crippen MR) is 163 cm³/mol. The SMILES string of the molecule is O=C(Nc1cc2ccccc2c(Br)n1)C1CCCN1C(=O)CN1CCCC(NS(=O)(=O)/C=C/c2ccc(Cl)s2)C1=O. The first-order valence-corrected chi connectivity index (χ1v) is 16.5. The largest absolute Gasteiger partial charge is 0.332 e. The highest BCUT2D eigenvalue weighted by molar-refractivity contribution is 9.10. The van der Waals surface area contributed by atoms with Crippen molar-refractivity contribution < 1.29 is 22.8 Å². The number of carbonyl (C=O) groups is 3. The summed E-state index contributed by atoms with van der Waals surface area (Å²) in [4.78, 5) is 47.5. The van der Waals surface area contributed by atoms with Crippen molar-refractivity contribution in [2.45, 2.75) is 37.8 Å². The molecule has 1 aromatic carbocycles. The lowest BCUT2D eigenvalue weighted by Gasteiger charge is -2.33. The first-order valence-electron chi connectivity index (χ1n) is 13.0. The second-order valence-electron chi connectivity index (χ2n) is 9.82. The zero-order valence-electron chi connectivity index (χ0n) is 21.8. The number of aromatic nitrogens is 1. The van der Waals surface area contributed by atoms with Gasteiger partial charge in [0.25, 0.3) is 0 Å². The molecule has 14 heteroatoms. The van der Waals surface area contributed by atoms with Gasteiger partial charge in [-0.3, -0.25) is 14.4 Å². The van der Waals surface area contributed by atoms with Crippen molar-refractivity contribution in [3.05, 3.63) is 61.7 Å². The number of amides is 3. The number of hydrogen-bond acceptors (Lipinski definition) is 7. The molecule has 2 unspecified atom stereocenters. The Morgan fingerprint density at radius 1 is 1.15 bits per heavy atom. The van der Waals surface area contributed by atoms with Crippen molar-refractivity contribution in [1.82, 2.24) is 19.5 Å². The summed E-state index contributed by atoms with van der Waals surface area (Å²) in [5, 5.41) is 5.65. The molecule has 216 valence electrons. The normalized spacial score (nSPS) is 19.8. The van der Waals surface area contributed by atoms with Gasteiger partial charge < -0.3 is 15.1 Å². The number of hydrogen-bond donors (Lipinski definition) is 2. The third kappa shape index (κ3) is 7.15. The molecule has 41 heavy (non-hydrogen) atoms. The van der Waals surface area contributed by atoms with Gasteiger partial charge in [0.15, 0.2) is 0 Å². The summed E-state index contributed by atoms with van der Waals surface area (Å²) >= 11 is 10.6. The van der Waals surface area contributed by atoms with Crippen molar-refractivity contribution in [3.8, 4) is 0 Å². The minimum absolute atomic E-state index is 0.232. The molecule has 2 aliphatic heterocycles. The Hall–Kier alpha value is -2.84. The van der Waals surface area contributed by atoms with E-state index in [1.54, 1.807) is 18.2 Å². The molecule has 2 atom stereocenters. The average molecular weight is 681 g/mol. The predicted octanol–water partition coefficient (Wildman–Crippen LogP) is 4.22. The zero-order chi connectivity index (χ0) is 29.1. The van der Waals surface area contributed by atoms with Crippen LogP contribution in [0.15, 0.2) is 52.5 Å². The molecular formula is C27H27BrClN5O5S2. The molecule has 3 aromatic rings. The van der Waals surface area contributed by atoms with Crippen LogP contribution in [0.5, 0.6) is 0 Å². The van der Waals surface area contributed by atoms with Gasteiger partial charge in [-0.05, 0) is 71.3 Å². The highest BCUT2D eigenvalue weighted by Crippen LogP contribution is 2.26. The van der Waals surface area contributed by atoms with Crippen LogP contribution in [0.1, 0.15) is 30.6 Å². The van der Waals surface area contributed by atoms with E-state index in [2.05, 4.69) is 31.0 Å². The van der Waals surface area contributed by atoms with E-state index >= 15 is 0 Å². The van der Waals surface area contributed by atoms with E-state index in [4.69, 9.17) is 11.6 Å². The second kappa shape index (κ2) is 12.6. The number of likely N-dealkylation sites (tertiary alicyclic amines) is 2. The number of thiophene rings is 1. The van der Waals surface area contributed by atoms with Gasteiger partial charge in [0.05, 0.1) is 10.9 Å². The standard InChI is InChI=1S/C27H27BrClN5O5S2/c28-25-19-6-2-1-5-17(19)15-23(30-25)31-26(36)21-8-4-13-34(21)24(35)16-33-12-3-7-20(27(33)37)32-41(38,39)14-11-18-9-10-22(29)40-18/h1-2,5-6,9-11,14-15,20-21,32H,3-4,7-8,12-13,16H2,(H,30,31,36)/b14-11+. The van der Waals surface area contributed by atoms with E-state index in [0.717, 1.165) is 16.2 Å². The van der Waals surface area contributed by atoms with Crippen LogP contribution in [0.25, 0.3) is 16.8 Å². The zero-order valence-corrected chi connectivity index (χ0v) is 25.7. The first-order chi connectivity index (χ1) is 19.6. The van der Waals surface area contributed by atoms with Crippen LogP contribution in [0.4, 0.5) is 5.82 Å². The Kier molecular flexibility index (Phi) is 9.09. The smallest absolute Gasteiger partial charge is 0.248 e. The molecule has 2 aromatic heterocycles. The Bertz CT molecular complexity index is 1630. The Morgan fingerprint density at radius 2 is 1.93 bits per heavy atom. The molecule has 0 spiro atoms. The van der Waals surface area contributed by atoms with E-state index < -0.39 is 28.0 Å². The second-order valence-corrected chi connectivity index (χ2v) is 13.9. The summed E-state index contributed by atoms with van der Waals surface area (Å²) in [7, 11) is -3.91. The molecule has 5 rings (SSSR count). The highest BCUT2D eigenvalue weighted by Gasteiger charge is 2.37. The molecule has 3 amide bonds. The van der Waals surface area contributed by atoms with Crippen LogP contribution >= 0.6 is 38.9 Å². The molecule has 0 radical (unpaired) electrons. The molecule has 2 saturated heterocycles. The molecule has 0 aliphatic carbocycles. The number of sulfonamides is 1. The number of anilines is 1. The number of nitrogens with zero attached hydrogens (tertiary/aromatic N) is 3. The number of fused-ring (bicyclic) bond motifs is 1. The highest BCUT2D eigenvalue weighted by atomic mass is 79.9. The van der Waals surface area contributed by atoms with Crippen LogP contribution in [-0.4, -0.2) is 72.6 Å². The van der Waals surface area contributed by atoms with Crippen molar-refractivity contribution >= 4 is 89.3 Å². The summed E-state index contributed by atoms with van der Waals surface area (Å²) in [5.41, 5.74) is 0. The van der Waals surface area contributed by atoms with Crippen molar-refractivity contribution in [2.75, 3.05) is 25.0 Å². The van der Waals surface area contributed by atoms with Crippen LogP contribution in [0, 0.1) is 0 Å². The minimum atomic E-state index is -3.91. The molecule has 0 saturated carbocycles. The van der Waals surface area contributed by atoms with Crippen molar-refractivity contribution in [3.63, 3.8) is 0 Å². The first kappa shape index (κ1) is 29.6. The number of carbonyl (C=O) groups excluding carboxylic acids is 3. The van der Waals surface area contributed by atoms with Gasteiger partial charge in [-0.25, -0.2) is 13.4 Å². The van der Waals surface area contributed by atoms with E-state index in [9.17, 15) is 22.8 Å².